The summed E-state index contributed by atoms with van der Waals surface area (Å²) in [5, 5.41) is 4.60. The van der Waals surface area contributed by atoms with Crippen molar-refractivity contribution in [2.45, 2.75) is 52.6 Å². The van der Waals surface area contributed by atoms with Crippen molar-refractivity contribution in [3.63, 3.8) is 0 Å². The fourth-order valence-corrected chi connectivity index (χ4v) is 3.01. The van der Waals surface area contributed by atoms with Crippen molar-refractivity contribution in [1.82, 2.24) is 15.5 Å². The van der Waals surface area contributed by atoms with E-state index in [-0.39, 0.29) is 23.5 Å². The molecule has 0 radical (unpaired) electrons. The Bertz CT molecular complexity index is 837. The molecule has 0 saturated heterocycles. The number of carbonyl (C=O) groups is 5. The second kappa shape index (κ2) is 9.06. The van der Waals surface area contributed by atoms with Gasteiger partial charge in [0, 0.05) is 5.54 Å². The number of esters is 1. The van der Waals surface area contributed by atoms with Crippen molar-refractivity contribution in [2.75, 3.05) is 6.61 Å². The molecule has 1 atom stereocenters. The lowest BCUT2D eigenvalue weighted by Gasteiger charge is -2.26. The van der Waals surface area contributed by atoms with Gasteiger partial charge in [0.2, 0.25) is 0 Å². The first kappa shape index (κ1) is 23.1. The summed E-state index contributed by atoms with van der Waals surface area (Å²) in [4.78, 5) is 62.6. The molecule has 9 heteroatoms. The van der Waals surface area contributed by atoms with Crippen LogP contribution in [-0.2, 0) is 14.3 Å². The third-order valence-corrected chi connectivity index (χ3v) is 4.19. The molecular weight excluding hydrogens is 390 g/mol. The van der Waals surface area contributed by atoms with Crippen LogP contribution in [0.25, 0.3) is 0 Å². The van der Waals surface area contributed by atoms with Gasteiger partial charge in [-0.2, -0.15) is 0 Å². The molecule has 162 valence electrons. The van der Waals surface area contributed by atoms with Gasteiger partial charge in [0.25, 0.3) is 17.7 Å². The van der Waals surface area contributed by atoms with E-state index in [9.17, 15) is 24.0 Å². The summed E-state index contributed by atoms with van der Waals surface area (Å²) in [5.74, 6) is -2.89. The van der Waals surface area contributed by atoms with Gasteiger partial charge in [0.05, 0.1) is 11.1 Å². The molecule has 0 bridgehead atoms. The quantitative estimate of drug-likeness (QED) is 0.538. The van der Waals surface area contributed by atoms with E-state index in [0.29, 0.717) is 0 Å². The van der Waals surface area contributed by atoms with Gasteiger partial charge in [-0.05, 0) is 45.2 Å². The van der Waals surface area contributed by atoms with Gasteiger partial charge >= 0.3 is 12.0 Å². The lowest BCUT2D eigenvalue weighted by atomic mass is 10.0. The van der Waals surface area contributed by atoms with Gasteiger partial charge in [-0.15, -0.1) is 0 Å². The number of fused-ring (bicyclic) bond motifs is 1. The van der Waals surface area contributed by atoms with E-state index < -0.39 is 47.9 Å². The zero-order chi connectivity index (χ0) is 22.6. The van der Waals surface area contributed by atoms with Crippen LogP contribution in [0, 0.1) is 5.92 Å². The maximum absolute atomic E-state index is 12.7. The average Bonchev–Trinajstić information content (AvgIpc) is 2.87. The van der Waals surface area contributed by atoms with Crippen molar-refractivity contribution < 1.29 is 28.7 Å². The monoisotopic (exact) mass is 417 g/mol. The molecule has 2 rings (SSSR count). The van der Waals surface area contributed by atoms with E-state index in [4.69, 9.17) is 4.74 Å². The van der Waals surface area contributed by atoms with Gasteiger partial charge < -0.3 is 10.1 Å². The molecule has 0 spiro atoms. The minimum atomic E-state index is -1.17. The highest BCUT2D eigenvalue weighted by Gasteiger charge is 2.43. The van der Waals surface area contributed by atoms with Crippen LogP contribution in [0.1, 0.15) is 61.8 Å². The molecule has 5 amide bonds. The Balaban J connectivity index is 2.07. The second-order valence-corrected chi connectivity index (χ2v) is 8.53. The number of rotatable bonds is 6. The Labute approximate surface area is 175 Å². The van der Waals surface area contributed by atoms with Gasteiger partial charge in [-0.3, -0.25) is 24.6 Å². The normalized spacial score (nSPS) is 14.4. The molecule has 0 fully saturated rings. The minimum absolute atomic E-state index is 0.0294. The standard InChI is InChI=1S/C21H27N3O6/c1-12(2)10-15(24-17(26)13-8-6-7-9-14(13)18(24)27)19(28)30-11-16(25)22-20(29)23-21(3,4)5/h6-9,12,15H,10-11H2,1-5H3,(H2,22,23,25,29)/t15-/m0/s1. The van der Waals surface area contributed by atoms with Gasteiger partial charge in [0.15, 0.2) is 6.61 Å². The predicted molar refractivity (Wildman–Crippen MR) is 108 cm³/mol. The van der Waals surface area contributed by atoms with E-state index in [1.54, 1.807) is 32.9 Å². The molecule has 30 heavy (non-hydrogen) atoms. The number of benzene rings is 1. The van der Waals surface area contributed by atoms with E-state index in [2.05, 4.69) is 10.6 Å². The number of nitrogens with one attached hydrogen (secondary N) is 2. The van der Waals surface area contributed by atoms with E-state index in [0.717, 1.165) is 4.90 Å². The topological polar surface area (TPSA) is 122 Å². The molecule has 2 N–H and O–H groups in total. The summed E-state index contributed by atoms with van der Waals surface area (Å²) in [6.07, 6.45) is 0.177. The highest BCUT2D eigenvalue weighted by Crippen LogP contribution is 2.27. The molecule has 0 saturated carbocycles. The maximum Gasteiger partial charge on any atom is 0.329 e. The van der Waals surface area contributed by atoms with E-state index in [1.807, 2.05) is 13.8 Å². The minimum Gasteiger partial charge on any atom is -0.454 e. The number of urea groups is 1. The summed E-state index contributed by atoms with van der Waals surface area (Å²) in [5.41, 5.74) is -0.101. The summed E-state index contributed by atoms with van der Waals surface area (Å²) in [6.45, 7) is 8.19. The van der Waals surface area contributed by atoms with E-state index >= 15 is 0 Å². The highest BCUT2D eigenvalue weighted by atomic mass is 16.5. The molecule has 0 aromatic heterocycles. The Morgan fingerprint density at radius 3 is 2.03 bits per heavy atom. The Morgan fingerprint density at radius 2 is 1.57 bits per heavy atom. The van der Waals surface area contributed by atoms with Gasteiger partial charge in [-0.1, -0.05) is 26.0 Å². The fraction of sp³-hybridized carbons (Fsp3) is 0.476. The molecule has 1 aromatic carbocycles. The number of hydrogen-bond acceptors (Lipinski definition) is 6. The van der Waals surface area contributed by atoms with Crippen LogP contribution in [0.2, 0.25) is 0 Å². The van der Waals surface area contributed by atoms with Crippen LogP contribution in [0.15, 0.2) is 24.3 Å². The van der Waals surface area contributed by atoms with Crippen LogP contribution in [0.4, 0.5) is 4.79 Å². The van der Waals surface area contributed by atoms with Crippen molar-refractivity contribution in [3.05, 3.63) is 35.4 Å². The number of imide groups is 2. The molecule has 0 aliphatic carbocycles. The van der Waals surface area contributed by atoms with Crippen molar-refractivity contribution in [3.8, 4) is 0 Å². The smallest absolute Gasteiger partial charge is 0.329 e. The van der Waals surface area contributed by atoms with Crippen LogP contribution >= 0.6 is 0 Å². The first-order valence-electron chi connectivity index (χ1n) is 9.66. The predicted octanol–water partition coefficient (Wildman–Crippen LogP) is 1.86. The number of amides is 5. The molecular formula is C21H27N3O6. The number of hydrogen-bond donors (Lipinski definition) is 2. The molecule has 1 aliphatic rings. The molecule has 9 nitrogen and oxygen atoms in total. The average molecular weight is 417 g/mol. The maximum atomic E-state index is 12.7. The van der Waals surface area contributed by atoms with Gasteiger partial charge in [-0.25, -0.2) is 9.59 Å². The molecule has 1 aromatic rings. The van der Waals surface area contributed by atoms with Crippen LogP contribution in [0.5, 0.6) is 0 Å². The van der Waals surface area contributed by atoms with Crippen molar-refractivity contribution in [2.24, 2.45) is 5.92 Å². The second-order valence-electron chi connectivity index (χ2n) is 8.53. The molecule has 1 aliphatic heterocycles. The Hall–Kier alpha value is -3.23. The summed E-state index contributed by atoms with van der Waals surface area (Å²) in [7, 11) is 0. The zero-order valence-electron chi connectivity index (χ0n) is 17.8. The van der Waals surface area contributed by atoms with Crippen LogP contribution in [-0.4, -0.2) is 52.8 Å². The fourth-order valence-electron chi connectivity index (χ4n) is 3.01. The summed E-state index contributed by atoms with van der Waals surface area (Å²) in [6, 6.07) is 4.42. The summed E-state index contributed by atoms with van der Waals surface area (Å²) >= 11 is 0. The Kier molecular flexibility index (Phi) is 6.96. The van der Waals surface area contributed by atoms with Crippen LogP contribution in [0.3, 0.4) is 0 Å². The zero-order valence-corrected chi connectivity index (χ0v) is 17.8. The summed E-state index contributed by atoms with van der Waals surface area (Å²) < 4.78 is 5.03. The SMILES string of the molecule is CC(C)C[C@@H](C(=O)OCC(=O)NC(=O)NC(C)(C)C)N1C(=O)c2ccccc2C1=O. The Morgan fingerprint density at radius 1 is 1.03 bits per heavy atom. The highest BCUT2D eigenvalue weighted by molar-refractivity contribution is 6.22. The van der Waals surface area contributed by atoms with Gasteiger partial charge in [0.1, 0.15) is 6.04 Å². The lowest BCUT2D eigenvalue weighted by Crippen LogP contribution is -2.50. The van der Waals surface area contributed by atoms with Crippen molar-refractivity contribution >= 4 is 29.7 Å². The third-order valence-electron chi connectivity index (χ3n) is 4.19. The lowest BCUT2D eigenvalue weighted by molar-refractivity contribution is -0.152. The number of ether oxygens (including phenoxy) is 1. The first-order valence-corrected chi connectivity index (χ1v) is 9.66. The molecule has 1 heterocycles. The number of nitrogens with zero attached hydrogens (tertiary/aromatic N) is 1. The first-order chi connectivity index (χ1) is 13.9. The van der Waals surface area contributed by atoms with E-state index in [1.165, 1.54) is 12.1 Å². The number of carbonyl (C=O) groups excluding carboxylic acids is 5. The third kappa shape index (κ3) is 5.65. The van der Waals surface area contributed by atoms with Crippen LogP contribution < -0.4 is 10.6 Å². The molecule has 0 unspecified atom stereocenters. The largest absolute Gasteiger partial charge is 0.454 e. The van der Waals surface area contributed by atoms with Crippen molar-refractivity contribution in [1.29, 1.82) is 0 Å².